The molecule has 0 unspecified atom stereocenters. The predicted octanol–water partition coefficient (Wildman–Crippen LogP) is 3.61. The third-order valence-corrected chi connectivity index (χ3v) is 3.54. The van der Waals surface area contributed by atoms with Crippen LogP contribution in [0.25, 0.3) is 11.0 Å². The maximum Gasteiger partial charge on any atom is 0.246 e. The van der Waals surface area contributed by atoms with E-state index in [-0.39, 0.29) is 11.5 Å². The summed E-state index contributed by atoms with van der Waals surface area (Å²) < 4.78 is 7.17. The summed E-state index contributed by atoms with van der Waals surface area (Å²) in [5, 5.41) is 5.59. The SMILES string of the molecule is CCc1cc(C(=O)c2cc3cccc(Cl)c3o2)n(C)n1. The molecule has 2 aromatic heterocycles. The van der Waals surface area contributed by atoms with Crippen molar-refractivity contribution in [2.75, 3.05) is 0 Å². The Balaban J connectivity index is 2.08. The quantitative estimate of drug-likeness (QED) is 0.692. The van der Waals surface area contributed by atoms with Gasteiger partial charge in [0, 0.05) is 12.4 Å². The standard InChI is InChI=1S/C15H13ClN2O2/c1-3-10-8-12(18(2)17-10)14(19)13-7-9-5-4-6-11(16)15(9)20-13/h4-8H,3H2,1-2H3. The number of rotatable bonds is 3. The van der Waals surface area contributed by atoms with Crippen LogP contribution in [-0.2, 0) is 13.5 Å². The van der Waals surface area contributed by atoms with Crippen LogP contribution in [0.15, 0.2) is 34.7 Å². The van der Waals surface area contributed by atoms with Gasteiger partial charge >= 0.3 is 0 Å². The average molecular weight is 289 g/mol. The van der Waals surface area contributed by atoms with Crippen LogP contribution >= 0.6 is 11.6 Å². The van der Waals surface area contributed by atoms with Crippen molar-refractivity contribution in [1.29, 1.82) is 0 Å². The number of aromatic nitrogens is 2. The molecule has 0 radical (unpaired) electrons. The van der Waals surface area contributed by atoms with Gasteiger partial charge in [0.2, 0.25) is 5.78 Å². The van der Waals surface area contributed by atoms with Gasteiger partial charge in [-0.3, -0.25) is 9.48 Å². The van der Waals surface area contributed by atoms with Crippen LogP contribution < -0.4 is 0 Å². The minimum Gasteiger partial charge on any atom is -0.451 e. The Morgan fingerprint density at radius 1 is 1.40 bits per heavy atom. The van der Waals surface area contributed by atoms with Crippen molar-refractivity contribution >= 4 is 28.4 Å². The molecule has 0 saturated heterocycles. The van der Waals surface area contributed by atoms with E-state index < -0.39 is 0 Å². The van der Waals surface area contributed by atoms with E-state index in [4.69, 9.17) is 16.0 Å². The molecule has 4 nitrogen and oxygen atoms in total. The molecule has 102 valence electrons. The lowest BCUT2D eigenvalue weighted by Gasteiger charge is -1.97. The molecule has 1 aromatic carbocycles. The van der Waals surface area contributed by atoms with E-state index in [0.29, 0.717) is 16.3 Å². The van der Waals surface area contributed by atoms with E-state index in [1.54, 1.807) is 29.9 Å². The minimum absolute atomic E-state index is 0.188. The largest absolute Gasteiger partial charge is 0.451 e. The Hall–Kier alpha value is -2.07. The summed E-state index contributed by atoms with van der Waals surface area (Å²) in [6.07, 6.45) is 0.785. The van der Waals surface area contributed by atoms with Crippen molar-refractivity contribution in [2.24, 2.45) is 7.05 Å². The second-order valence-corrected chi connectivity index (χ2v) is 5.00. The van der Waals surface area contributed by atoms with Crippen LogP contribution in [0.2, 0.25) is 5.02 Å². The maximum absolute atomic E-state index is 12.5. The molecule has 0 N–H and O–H groups in total. The van der Waals surface area contributed by atoms with Crippen molar-refractivity contribution in [2.45, 2.75) is 13.3 Å². The van der Waals surface area contributed by atoms with Gasteiger partial charge in [0.15, 0.2) is 11.3 Å². The molecule has 3 aromatic rings. The van der Waals surface area contributed by atoms with E-state index in [0.717, 1.165) is 17.5 Å². The summed E-state index contributed by atoms with van der Waals surface area (Å²) in [6, 6.07) is 8.93. The highest BCUT2D eigenvalue weighted by atomic mass is 35.5. The number of aryl methyl sites for hydroxylation is 2. The van der Waals surface area contributed by atoms with Crippen molar-refractivity contribution in [3.8, 4) is 0 Å². The number of fused-ring (bicyclic) bond motifs is 1. The van der Waals surface area contributed by atoms with E-state index in [9.17, 15) is 4.79 Å². The van der Waals surface area contributed by atoms with Gasteiger partial charge in [0.1, 0.15) is 5.69 Å². The summed E-state index contributed by atoms with van der Waals surface area (Å²) in [7, 11) is 1.75. The molecule has 20 heavy (non-hydrogen) atoms. The average Bonchev–Trinajstić information content (AvgIpc) is 3.02. The van der Waals surface area contributed by atoms with E-state index in [1.165, 1.54) is 0 Å². The van der Waals surface area contributed by atoms with Gasteiger partial charge in [-0.25, -0.2) is 0 Å². The fourth-order valence-corrected chi connectivity index (χ4v) is 2.40. The number of para-hydroxylation sites is 1. The van der Waals surface area contributed by atoms with Crippen LogP contribution in [0.3, 0.4) is 0 Å². The Morgan fingerprint density at radius 3 is 2.85 bits per heavy atom. The highest BCUT2D eigenvalue weighted by Gasteiger charge is 2.19. The molecule has 0 fully saturated rings. The number of carbonyl (C=O) groups excluding carboxylic acids is 1. The molecule has 5 heteroatoms. The molecule has 0 saturated carbocycles. The Kier molecular flexibility index (Phi) is 3.10. The summed E-state index contributed by atoms with van der Waals surface area (Å²) in [5.74, 6) is 0.0886. The first-order chi connectivity index (χ1) is 9.60. The topological polar surface area (TPSA) is 48.0 Å². The molecular weight excluding hydrogens is 276 g/mol. The Morgan fingerprint density at radius 2 is 2.20 bits per heavy atom. The minimum atomic E-state index is -0.188. The number of hydrogen-bond acceptors (Lipinski definition) is 3. The second-order valence-electron chi connectivity index (χ2n) is 4.60. The van der Waals surface area contributed by atoms with Gasteiger partial charge in [0.25, 0.3) is 0 Å². The highest BCUT2D eigenvalue weighted by molar-refractivity contribution is 6.35. The first-order valence-electron chi connectivity index (χ1n) is 6.36. The lowest BCUT2D eigenvalue weighted by Crippen LogP contribution is -2.07. The fraction of sp³-hybridized carbons (Fsp3) is 0.200. The second kappa shape index (κ2) is 4.80. The van der Waals surface area contributed by atoms with Crippen LogP contribution in [0, 0.1) is 0 Å². The maximum atomic E-state index is 12.5. The van der Waals surface area contributed by atoms with Crippen molar-refractivity contribution in [1.82, 2.24) is 9.78 Å². The number of ketones is 1. The number of benzene rings is 1. The third kappa shape index (κ3) is 2.02. The number of hydrogen-bond donors (Lipinski definition) is 0. The zero-order valence-electron chi connectivity index (χ0n) is 11.2. The van der Waals surface area contributed by atoms with Gasteiger partial charge < -0.3 is 4.42 Å². The van der Waals surface area contributed by atoms with E-state index >= 15 is 0 Å². The summed E-state index contributed by atoms with van der Waals surface area (Å²) in [6.45, 7) is 2.00. The van der Waals surface area contributed by atoms with Crippen molar-refractivity contribution in [3.63, 3.8) is 0 Å². The van der Waals surface area contributed by atoms with Crippen molar-refractivity contribution in [3.05, 3.63) is 52.5 Å². The smallest absolute Gasteiger partial charge is 0.246 e. The van der Waals surface area contributed by atoms with Gasteiger partial charge in [-0.2, -0.15) is 5.10 Å². The lowest BCUT2D eigenvalue weighted by atomic mass is 10.2. The zero-order valence-corrected chi connectivity index (χ0v) is 11.9. The lowest BCUT2D eigenvalue weighted by molar-refractivity contribution is 0.100. The fourth-order valence-electron chi connectivity index (χ4n) is 2.18. The number of halogens is 1. The Bertz CT molecular complexity index is 801. The molecule has 3 rings (SSSR count). The predicted molar refractivity (Wildman–Crippen MR) is 77.2 cm³/mol. The molecule has 0 bridgehead atoms. The molecule has 0 aliphatic heterocycles. The third-order valence-electron chi connectivity index (χ3n) is 3.25. The van der Waals surface area contributed by atoms with Gasteiger partial charge in [-0.05, 0) is 24.6 Å². The first-order valence-corrected chi connectivity index (χ1v) is 6.73. The molecule has 0 atom stereocenters. The zero-order chi connectivity index (χ0) is 14.3. The van der Waals surface area contributed by atoms with Gasteiger partial charge in [-0.15, -0.1) is 0 Å². The summed E-state index contributed by atoms with van der Waals surface area (Å²) in [4.78, 5) is 12.5. The number of furan rings is 1. The molecule has 0 amide bonds. The molecule has 2 heterocycles. The Labute approximate surface area is 120 Å². The monoisotopic (exact) mass is 288 g/mol. The first kappa shape index (κ1) is 12.9. The van der Waals surface area contributed by atoms with Crippen LogP contribution in [0.5, 0.6) is 0 Å². The summed E-state index contributed by atoms with van der Waals surface area (Å²) in [5.41, 5.74) is 1.93. The van der Waals surface area contributed by atoms with Gasteiger partial charge in [0.05, 0.1) is 10.7 Å². The van der Waals surface area contributed by atoms with Gasteiger partial charge in [-0.1, -0.05) is 30.7 Å². The van der Waals surface area contributed by atoms with E-state index in [1.807, 2.05) is 19.1 Å². The number of nitrogens with zero attached hydrogens (tertiary/aromatic N) is 2. The van der Waals surface area contributed by atoms with Crippen LogP contribution in [0.4, 0.5) is 0 Å². The van der Waals surface area contributed by atoms with Crippen molar-refractivity contribution < 1.29 is 9.21 Å². The van der Waals surface area contributed by atoms with Crippen LogP contribution in [0.1, 0.15) is 28.9 Å². The molecular formula is C15H13ClN2O2. The summed E-state index contributed by atoms with van der Waals surface area (Å²) >= 11 is 6.06. The molecule has 0 spiro atoms. The molecule has 0 aliphatic carbocycles. The van der Waals surface area contributed by atoms with Crippen LogP contribution in [-0.4, -0.2) is 15.6 Å². The number of carbonyl (C=O) groups is 1. The highest BCUT2D eigenvalue weighted by Crippen LogP contribution is 2.27. The van der Waals surface area contributed by atoms with E-state index in [2.05, 4.69) is 5.10 Å². The molecule has 0 aliphatic rings. The normalized spacial score (nSPS) is 11.2.